The van der Waals surface area contributed by atoms with E-state index in [2.05, 4.69) is 10.1 Å². The minimum Gasteiger partial charge on any atom is -0.338 e. The molecule has 2 heterocycles. The van der Waals surface area contributed by atoms with E-state index in [9.17, 15) is 13.2 Å². The van der Waals surface area contributed by atoms with Crippen LogP contribution in [0, 0.1) is 0 Å². The van der Waals surface area contributed by atoms with Gasteiger partial charge in [-0.2, -0.15) is 5.10 Å². The maximum atomic E-state index is 12.5. The van der Waals surface area contributed by atoms with Crippen molar-refractivity contribution in [2.24, 2.45) is 0 Å². The van der Waals surface area contributed by atoms with Crippen molar-refractivity contribution < 1.29 is 13.2 Å². The second-order valence-electron chi connectivity index (χ2n) is 6.45. The third-order valence-corrected chi connectivity index (χ3v) is 7.93. The zero-order chi connectivity index (χ0) is 18.7. The van der Waals surface area contributed by atoms with E-state index in [0.717, 1.165) is 11.3 Å². The topological polar surface area (TPSA) is 85.2 Å². The third kappa shape index (κ3) is 4.45. The van der Waals surface area contributed by atoms with Crippen molar-refractivity contribution >= 4 is 27.5 Å². The Labute approximate surface area is 157 Å². The summed E-state index contributed by atoms with van der Waals surface area (Å²) in [6, 6.07) is 7.76. The smallest absolute Gasteiger partial charge is 0.232 e. The number of nitrogens with zero attached hydrogens (tertiary/aromatic N) is 4. The number of carbonyl (C=O) groups is 1. The van der Waals surface area contributed by atoms with Gasteiger partial charge in [-0.1, -0.05) is 12.1 Å². The van der Waals surface area contributed by atoms with Crippen molar-refractivity contribution in [3.63, 3.8) is 0 Å². The first-order valence-electron chi connectivity index (χ1n) is 8.38. The van der Waals surface area contributed by atoms with Crippen LogP contribution in [-0.4, -0.2) is 63.5 Å². The van der Waals surface area contributed by atoms with Gasteiger partial charge >= 0.3 is 0 Å². The van der Waals surface area contributed by atoms with Gasteiger partial charge in [0.1, 0.15) is 12.7 Å². The summed E-state index contributed by atoms with van der Waals surface area (Å²) in [5.74, 6) is 0.738. The predicted octanol–water partition coefficient (Wildman–Crippen LogP) is 1.71. The molecule has 2 atom stereocenters. The fourth-order valence-electron chi connectivity index (χ4n) is 2.87. The van der Waals surface area contributed by atoms with Crippen molar-refractivity contribution in [1.82, 2.24) is 19.7 Å². The van der Waals surface area contributed by atoms with E-state index in [1.165, 1.54) is 18.1 Å². The zero-order valence-electron chi connectivity index (χ0n) is 14.8. The first kappa shape index (κ1) is 18.9. The van der Waals surface area contributed by atoms with Gasteiger partial charge < -0.3 is 4.90 Å². The summed E-state index contributed by atoms with van der Waals surface area (Å²) < 4.78 is 24.7. The molecule has 1 aromatic heterocycles. The highest BCUT2D eigenvalue weighted by Gasteiger charge is 2.29. The number of benzene rings is 1. The molecule has 1 aliphatic rings. The Balaban J connectivity index is 1.56. The maximum Gasteiger partial charge on any atom is 0.232 e. The van der Waals surface area contributed by atoms with E-state index in [-0.39, 0.29) is 28.7 Å². The molecular formula is C17H22N4O3S2. The van der Waals surface area contributed by atoms with Crippen LogP contribution in [0.25, 0.3) is 5.69 Å². The van der Waals surface area contributed by atoms with E-state index < -0.39 is 9.84 Å². The van der Waals surface area contributed by atoms with Crippen molar-refractivity contribution in [3.05, 3.63) is 42.5 Å². The lowest BCUT2D eigenvalue weighted by Gasteiger charge is -2.26. The summed E-state index contributed by atoms with van der Waals surface area (Å²) in [6.45, 7) is 1.98. The van der Waals surface area contributed by atoms with Crippen molar-refractivity contribution in [3.8, 4) is 5.69 Å². The summed E-state index contributed by atoms with van der Waals surface area (Å²) >= 11 is 1.45. The number of hydrogen-bond acceptors (Lipinski definition) is 6. The standard InChI is InChI=1S/C17H22N4O3S2/c1-13(14-3-5-15(6-4-14)21-12-18-11-19-21)20(2)17(22)9-25-16-7-8-26(23,24)10-16/h3-6,11-13,16H,7-10H2,1-2H3/t13-,16-/m1/s1. The van der Waals surface area contributed by atoms with Gasteiger partial charge in [0.2, 0.25) is 5.91 Å². The highest BCUT2D eigenvalue weighted by Crippen LogP contribution is 2.26. The molecule has 0 spiro atoms. The lowest BCUT2D eigenvalue weighted by Crippen LogP contribution is -2.31. The van der Waals surface area contributed by atoms with Crippen LogP contribution in [0.4, 0.5) is 0 Å². The van der Waals surface area contributed by atoms with Crippen molar-refractivity contribution in [1.29, 1.82) is 0 Å². The molecule has 26 heavy (non-hydrogen) atoms. The minimum absolute atomic E-state index is 0.00662. The number of aromatic nitrogens is 3. The highest BCUT2D eigenvalue weighted by molar-refractivity contribution is 8.02. The number of amides is 1. The Bertz CT molecular complexity index is 851. The minimum atomic E-state index is -2.90. The normalized spacial score (nSPS) is 20.0. The van der Waals surface area contributed by atoms with Crippen LogP contribution in [0.1, 0.15) is 24.9 Å². The molecule has 0 aliphatic carbocycles. The summed E-state index contributed by atoms with van der Waals surface area (Å²) in [6.07, 6.45) is 3.76. The zero-order valence-corrected chi connectivity index (χ0v) is 16.4. The monoisotopic (exact) mass is 394 g/mol. The number of thioether (sulfide) groups is 1. The van der Waals surface area contributed by atoms with Gasteiger partial charge in [-0.3, -0.25) is 4.79 Å². The quantitative estimate of drug-likeness (QED) is 0.741. The first-order valence-corrected chi connectivity index (χ1v) is 11.3. The van der Waals surface area contributed by atoms with Crippen LogP contribution < -0.4 is 0 Å². The molecule has 1 amide bonds. The molecule has 1 fully saturated rings. The SMILES string of the molecule is C[C@H](c1ccc(-n2cncn2)cc1)N(C)C(=O)CS[C@@H]1CCS(=O)(=O)C1. The molecule has 9 heteroatoms. The average Bonchev–Trinajstić information content (AvgIpc) is 3.28. The molecule has 0 saturated carbocycles. The van der Waals surface area contributed by atoms with Gasteiger partial charge in [0.05, 0.1) is 29.0 Å². The predicted molar refractivity (Wildman–Crippen MR) is 102 cm³/mol. The van der Waals surface area contributed by atoms with Crippen LogP contribution in [0.3, 0.4) is 0 Å². The fourth-order valence-corrected chi connectivity index (χ4v) is 6.44. The van der Waals surface area contributed by atoms with Crippen LogP contribution in [0.2, 0.25) is 0 Å². The molecule has 0 N–H and O–H groups in total. The fraction of sp³-hybridized carbons (Fsp3) is 0.471. The van der Waals surface area contributed by atoms with Gasteiger partial charge in [0.25, 0.3) is 0 Å². The average molecular weight is 395 g/mol. The second kappa shape index (κ2) is 7.79. The Morgan fingerprint density at radius 3 is 2.69 bits per heavy atom. The largest absolute Gasteiger partial charge is 0.338 e. The van der Waals surface area contributed by atoms with Crippen LogP contribution in [0.15, 0.2) is 36.9 Å². The molecule has 140 valence electrons. The lowest BCUT2D eigenvalue weighted by molar-refractivity contribution is -0.128. The summed E-state index contributed by atoms with van der Waals surface area (Å²) in [4.78, 5) is 18.1. The molecule has 1 saturated heterocycles. The van der Waals surface area contributed by atoms with Gasteiger partial charge in [-0.25, -0.2) is 18.1 Å². The molecule has 0 radical (unpaired) electrons. The van der Waals surface area contributed by atoms with E-state index in [4.69, 9.17) is 0 Å². The lowest BCUT2D eigenvalue weighted by atomic mass is 10.1. The maximum absolute atomic E-state index is 12.5. The highest BCUT2D eigenvalue weighted by atomic mass is 32.2. The van der Waals surface area contributed by atoms with Gasteiger partial charge in [-0.15, -0.1) is 11.8 Å². The molecule has 7 nitrogen and oxygen atoms in total. The van der Waals surface area contributed by atoms with Crippen LogP contribution in [0.5, 0.6) is 0 Å². The molecule has 1 aromatic carbocycles. The second-order valence-corrected chi connectivity index (χ2v) is 9.97. The Hall–Kier alpha value is -1.87. The van der Waals surface area contributed by atoms with Gasteiger partial charge in [-0.05, 0) is 31.0 Å². The van der Waals surface area contributed by atoms with E-state index in [1.807, 2.05) is 31.2 Å². The van der Waals surface area contributed by atoms with Gasteiger partial charge in [0.15, 0.2) is 9.84 Å². The van der Waals surface area contributed by atoms with Crippen LogP contribution in [-0.2, 0) is 14.6 Å². The molecular weight excluding hydrogens is 372 g/mol. The first-order chi connectivity index (χ1) is 12.4. The molecule has 1 aliphatic heterocycles. The molecule has 0 bridgehead atoms. The molecule has 3 rings (SSSR count). The van der Waals surface area contributed by atoms with Crippen LogP contribution >= 0.6 is 11.8 Å². The number of rotatable bonds is 6. The summed E-state index contributed by atoms with van der Waals surface area (Å²) in [5, 5.41) is 4.13. The number of sulfone groups is 1. The summed E-state index contributed by atoms with van der Waals surface area (Å²) in [7, 11) is -1.12. The Morgan fingerprint density at radius 2 is 2.12 bits per heavy atom. The van der Waals surface area contributed by atoms with Crippen molar-refractivity contribution in [2.75, 3.05) is 24.3 Å². The Morgan fingerprint density at radius 1 is 1.38 bits per heavy atom. The van der Waals surface area contributed by atoms with Crippen molar-refractivity contribution in [2.45, 2.75) is 24.6 Å². The van der Waals surface area contributed by atoms with E-state index in [1.54, 1.807) is 23.0 Å². The summed E-state index contributed by atoms with van der Waals surface area (Å²) in [5.41, 5.74) is 1.93. The molecule has 2 aromatic rings. The molecule has 0 unspecified atom stereocenters. The van der Waals surface area contributed by atoms with Gasteiger partial charge in [0, 0.05) is 12.3 Å². The van der Waals surface area contributed by atoms with E-state index in [0.29, 0.717) is 12.2 Å². The van der Waals surface area contributed by atoms with E-state index >= 15 is 0 Å². The Kier molecular flexibility index (Phi) is 5.67. The third-order valence-electron chi connectivity index (χ3n) is 4.67. The number of hydrogen-bond donors (Lipinski definition) is 0. The number of carbonyl (C=O) groups excluding carboxylic acids is 1.